The molecule has 134 valence electrons. The lowest BCUT2D eigenvalue weighted by Gasteiger charge is -2.25. The lowest BCUT2D eigenvalue weighted by molar-refractivity contribution is 0.0734. The molecule has 3 heterocycles. The van der Waals surface area contributed by atoms with E-state index in [1.165, 1.54) is 5.56 Å². The van der Waals surface area contributed by atoms with Gasteiger partial charge in [-0.25, -0.2) is 9.67 Å². The molecule has 4 rings (SSSR count). The molecule has 1 saturated heterocycles. The molecular formula is C21H24N4O. The molecular weight excluding hydrogens is 324 g/mol. The first-order chi connectivity index (χ1) is 12.6. The van der Waals surface area contributed by atoms with Gasteiger partial charge in [-0.1, -0.05) is 30.3 Å². The number of carbonyl (C=O) groups excluding carboxylic acids is 1. The van der Waals surface area contributed by atoms with Gasteiger partial charge in [0.05, 0.1) is 23.5 Å². The molecule has 5 heteroatoms. The summed E-state index contributed by atoms with van der Waals surface area (Å²) in [6, 6.07) is 12.6. The van der Waals surface area contributed by atoms with Crippen LogP contribution >= 0.6 is 0 Å². The Bertz CT molecular complexity index is 945. The van der Waals surface area contributed by atoms with Crippen molar-refractivity contribution >= 4 is 16.9 Å². The number of likely N-dealkylation sites (tertiary alicyclic amines) is 1. The molecule has 3 aromatic rings. The molecule has 2 aromatic heterocycles. The van der Waals surface area contributed by atoms with Crippen molar-refractivity contribution in [2.24, 2.45) is 0 Å². The number of pyridine rings is 1. The molecule has 1 unspecified atom stereocenters. The van der Waals surface area contributed by atoms with E-state index in [0.717, 1.165) is 36.1 Å². The predicted molar refractivity (Wildman–Crippen MR) is 102 cm³/mol. The summed E-state index contributed by atoms with van der Waals surface area (Å²) >= 11 is 0. The second-order valence-electron chi connectivity index (χ2n) is 7.28. The molecule has 5 nitrogen and oxygen atoms in total. The average molecular weight is 348 g/mol. The first-order valence-electron chi connectivity index (χ1n) is 9.27. The van der Waals surface area contributed by atoms with Crippen LogP contribution in [0.1, 0.15) is 60.4 Å². The first-order valence-corrected chi connectivity index (χ1v) is 9.27. The Balaban J connectivity index is 1.70. The third-order valence-corrected chi connectivity index (χ3v) is 5.18. The smallest absolute Gasteiger partial charge is 0.256 e. The minimum atomic E-state index is 0.0700. The van der Waals surface area contributed by atoms with Crippen LogP contribution in [0, 0.1) is 6.92 Å². The van der Waals surface area contributed by atoms with Crippen LogP contribution in [0.4, 0.5) is 0 Å². The van der Waals surface area contributed by atoms with Crippen LogP contribution < -0.4 is 0 Å². The van der Waals surface area contributed by atoms with Gasteiger partial charge in [0, 0.05) is 18.0 Å². The Kier molecular flexibility index (Phi) is 4.23. The molecule has 26 heavy (non-hydrogen) atoms. The van der Waals surface area contributed by atoms with Gasteiger partial charge in [0.2, 0.25) is 0 Å². The molecule has 0 saturated carbocycles. The number of amides is 1. The largest absolute Gasteiger partial charge is 0.332 e. The summed E-state index contributed by atoms with van der Waals surface area (Å²) in [6.45, 7) is 6.87. The number of carbonyl (C=O) groups is 1. The normalized spacial score (nSPS) is 17.4. The number of benzene rings is 1. The van der Waals surface area contributed by atoms with Crippen molar-refractivity contribution in [3.63, 3.8) is 0 Å². The van der Waals surface area contributed by atoms with E-state index in [4.69, 9.17) is 4.98 Å². The molecule has 0 aliphatic carbocycles. The zero-order chi connectivity index (χ0) is 18.3. The summed E-state index contributed by atoms with van der Waals surface area (Å²) in [5.41, 5.74) is 3.50. The van der Waals surface area contributed by atoms with Crippen molar-refractivity contribution in [1.29, 1.82) is 0 Å². The highest BCUT2D eigenvalue weighted by molar-refractivity contribution is 5.98. The molecule has 0 radical (unpaired) electrons. The van der Waals surface area contributed by atoms with E-state index in [2.05, 4.69) is 31.1 Å². The Morgan fingerprint density at radius 1 is 1.23 bits per heavy atom. The number of hydrogen-bond donors (Lipinski definition) is 0. The number of fused-ring (bicyclic) bond motifs is 1. The zero-order valence-electron chi connectivity index (χ0n) is 15.5. The maximum absolute atomic E-state index is 13.3. The topological polar surface area (TPSA) is 51.0 Å². The van der Waals surface area contributed by atoms with Crippen LogP contribution in [0.3, 0.4) is 0 Å². The zero-order valence-corrected chi connectivity index (χ0v) is 15.5. The Morgan fingerprint density at radius 2 is 2.00 bits per heavy atom. The van der Waals surface area contributed by atoms with Gasteiger partial charge < -0.3 is 4.90 Å². The number of aryl methyl sites for hydroxylation is 1. The molecule has 1 aliphatic rings. The molecule has 0 bridgehead atoms. The van der Waals surface area contributed by atoms with Gasteiger partial charge in [0.15, 0.2) is 5.65 Å². The van der Waals surface area contributed by atoms with Crippen molar-refractivity contribution in [3.05, 3.63) is 59.4 Å². The average Bonchev–Trinajstić information content (AvgIpc) is 3.28. The van der Waals surface area contributed by atoms with Crippen LogP contribution in [-0.4, -0.2) is 32.1 Å². The number of hydrogen-bond acceptors (Lipinski definition) is 3. The highest BCUT2D eigenvalue weighted by Gasteiger charge is 2.31. The highest BCUT2D eigenvalue weighted by atomic mass is 16.2. The van der Waals surface area contributed by atoms with E-state index >= 15 is 0 Å². The lowest BCUT2D eigenvalue weighted by atomic mass is 10.0. The Labute approximate surface area is 153 Å². The van der Waals surface area contributed by atoms with Gasteiger partial charge in [-0.2, -0.15) is 5.10 Å². The van der Waals surface area contributed by atoms with Gasteiger partial charge in [-0.05, 0) is 45.2 Å². The lowest BCUT2D eigenvalue weighted by Crippen LogP contribution is -2.31. The highest BCUT2D eigenvalue weighted by Crippen LogP contribution is 2.33. The third-order valence-electron chi connectivity index (χ3n) is 5.18. The minimum Gasteiger partial charge on any atom is -0.332 e. The summed E-state index contributed by atoms with van der Waals surface area (Å²) in [7, 11) is 0. The van der Waals surface area contributed by atoms with Crippen LogP contribution in [-0.2, 0) is 0 Å². The first kappa shape index (κ1) is 16.8. The molecule has 1 atom stereocenters. The van der Waals surface area contributed by atoms with Crippen molar-refractivity contribution < 1.29 is 4.79 Å². The van der Waals surface area contributed by atoms with E-state index in [0.29, 0.717) is 5.56 Å². The summed E-state index contributed by atoms with van der Waals surface area (Å²) in [5, 5.41) is 5.35. The van der Waals surface area contributed by atoms with E-state index in [1.807, 2.05) is 40.8 Å². The number of aromatic nitrogens is 3. The van der Waals surface area contributed by atoms with Gasteiger partial charge in [0.25, 0.3) is 5.91 Å². The number of rotatable bonds is 3. The molecule has 1 fully saturated rings. The number of nitrogens with zero attached hydrogens (tertiary/aromatic N) is 4. The van der Waals surface area contributed by atoms with E-state index in [9.17, 15) is 4.79 Å². The quantitative estimate of drug-likeness (QED) is 0.709. The SMILES string of the molecule is Cc1nc2c(cnn2C(C)C)cc1C(=O)N1CCCC1c1ccccc1. The van der Waals surface area contributed by atoms with Gasteiger partial charge >= 0.3 is 0 Å². The van der Waals surface area contributed by atoms with Crippen molar-refractivity contribution in [1.82, 2.24) is 19.7 Å². The van der Waals surface area contributed by atoms with E-state index < -0.39 is 0 Å². The van der Waals surface area contributed by atoms with Crippen LogP contribution in [0.5, 0.6) is 0 Å². The fourth-order valence-corrected chi connectivity index (χ4v) is 3.85. The van der Waals surface area contributed by atoms with Crippen molar-refractivity contribution in [2.75, 3.05) is 6.54 Å². The van der Waals surface area contributed by atoms with Crippen molar-refractivity contribution in [2.45, 2.75) is 45.7 Å². The summed E-state index contributed by atoms with van der Waals surface area (Å²) < 4.78 is 1.90. The fourth-order valence-electron chi connectivity index (χ4n) is 3.85. The second kappa shape index (κ2) is 6.56. The Morgan fingerprint density at radius 3 is 2.73 bits per heavy atom. The van der Waals surface area contributed by atoms with Crippen LogP contribution in [0.2, 0.25) is 0 Å². The molecule has 1 amide bonds. The maximum Gasteiger partial charge on any atom is 0.256 e. The fraction of sp³-hybridized carbons (Fsp3) is 0.381. The Hall–Kier alpha value is -2.69. The minimum absolute atomic E-state index is 0.0700. The van der Waals surface area contributed by atoms with Gasteiger partial charge in [0.1, 0.15) is 0 Å². The molecule has 1 aromatic carbocycles. The van der Waals surface area contributed by atoms with Gasteiger partial charge in [-0.15, -0.1) is 0 Å². The molecule has 1 aliphatic heterocycles. The van der Waals surface area contributed by atoms with Crippen LogP contribution in [0.25, 0.3) is 11.0 Å². The van der Waals surface area contributed by atoms with Gasteiger partial charge in [-0.3, -0.25) is 4.79 Å². The van der Waals surface area contributed by atoms with Crippen LogP contribution in [0.15, 0.2) is 42.6 Å². The molecule has 0 N–H and O–H groups in total. The maximum atomic E-state index is 13.3. The summed E-state index contributed by atoms with van der Waals surface area (Å²) in [5.74, 6) is 0.0700. The molecule has 0 spiro atoms. The summed E-state index contributed by atoms with van der Waals surface area (Å²) in [6.07, 6.45) is 3.85. The van der Waals surface area contributed by atoms with Crippen molar-refractivity contribution in [3.8, 4) is 0 Å². The third kappa shape index (κ3) is 2.77. The monoisotopic (exact) mass is 348 g/mol. The second-order valence-corrected chi connectivity index (χ2v) is 7.28. The van der Waals surface area contributed by atoms with E-state index in [1.54, 1.807) is 6.20 Å². The standard InChI is InChI=1S/C21H24N4O/c1-14(2)25-20-17(13-22-25)12-18(15(3)23-20)21(26)24-11-7-10-19(24)16-8-5-4-6-9-16/h4-6,8-9,12-14,19H,7,10-11H2,1-3H3. The van der Waals surface area contributed by atoms with E-state index in [-0.39, 0.29) is 18.0 Å². The predicted octanol–water partition coefficient (Wildman–Crippen LogP) is 4.30. The summed E-state index contributed by atoms with van der Waals surface area (Å²) in [4.78, 5) is 20.0.